The fourth-order valence-electron chi connectivity index (χ4n) is 4.15. The van der Waals surface area contributed by atoms with E-state index in [2.05, 4.69) is 56.8 Å². The van der Waals surface area contributed by atoms with Gasteiger partial charge in [-0.05, 0) is 58.9 Å². The van der Waals surface area contributed by atoms with Gasteiger partial charge in [0.25, 0.3) is 5.91 Å². The number of anilines is 1. The molecule has 1 aliphatic carbocycles. The second kappa shape index (κ2) is 8.49. The Kier molecular flexibility index (Phi) is 5.18. The smallest absolute Gasteiger partial charge is 0.254 e. The molecule has 0 unspecified atom stereocenters. The first-order chi connectivity index (χ1) is 16.6. The number of fused-ring (bicyclic) bond motifs is 1. The Morgan fingerprint density at radius 3 is 2.79 bits per heavy atom. The maximum atomic E-state index is 12.1. The zero-order valence-electron chi connectivity index (χ0n) is 18.3. The second-order valence-electron chi connectivity index (χ2n) is 8.61. The minimum absolute atomic E-state index is 0.0701. The lowest BCUT2D eigenvalue weighted by Crippen LogP contribution is -2.19. The van der Waals surface area contributed by atoms with Crippen molar-refractivity contribution in [3.63, 3.8) is 0 Å². The predicted octanol–water partition coefficient (Wildman–Crippen LogP) is 3.64. The zero-order chi connectivity index (χ0) is 23.1. The Morgan fingerprint density at radius 1 is 1.15 bits per heavy atom. The number of carbonyl (C=O) groups is 2. The molecule has 0 bridgehead atoms. The van der Waals surface area contributed by atoms with Crippen LogP contribution in [0.3, 0.4) is 0 Å². The number of imide groups is 1. The molecule has 2 N–H and O–H groups in total. The van der Waals surface area contributed by atoms with Crippen molar-refractivity contribution in [2.75, 3.05) is 5.32 Å². The molecule has 6 rings (SSSR count). The summed E-state index contributed by atoms with van der Waals surface area (Å²) in [6.45, 7) is 0. The number of hydrogen-bond acceptors (Lipinski definition) is 7. The molecule has 1 aromatic carbocycles. The van der Waals surface area contributed by atoms with E-state index in [0.29, 0.717) is 41.0 Å². The van der Waals surface area contributed by atoms with Crippen LogP contribution < -0.4 is 10.6 Å². The first-order valence-electron chi connectivity index (χ1n) is 11.3. The summed E-state index contributed by atoms with van der Waals surface area (Å²) in [5.41, 5.74) is 5.44. The van der Waals surface area contributed by atoms with E-state index in [9.17, 15) is 9.59 Å². The summed E-state index contributed by atoms with van der Waals surface area (Å²) in [7, 11) is 0. The molecule has 0 radical (unpaired) electrons. The number of aryl methyl sites for hydroxylation is 2. The van der Waals surface area contributed by atoms with Crippen molar-refractivity contribution in [3.8, 4) is 11.1 Å². The van der Waals surface area contributed by atoms with Crippen LogP contribution in [0.1, 0.15) is 36.2 Å². The van der Waals surface area contributed by atoms with Gasteiger partial charge in [0, 0.05) is 23.6 Å². The standard InChI is InChI=1S/C25H22N6O2S/c32-22-12-17(24(33)30-22)11-18-13-26-31-23(18)28-21(29-25(31)27-19-6-7-19)8-5-15-3-1-2-4-20(15)16-9-10-34-14-16/h1-4,9-11,13-14,19H,5-8,12H2,(H,27,28,29)(H,30,32,33)/b17-11+. The average molecular weight is 471 g/mol. The molecule has 4 aromatic rings. The first-order valence-corrected chi connectivity index (χ1v) is 12.2. The summed E-state index contributed by atoms with van der Waals surface area (Å²) in [5, 5.41) is 14.5. The summed E-state index contributed by atoms with van der Waals surface area (Å²) in [5.74, 6) is 0.719. The highest BCUT2D eigenvalue weighted by molar-refractivity contribution is 7.08. The third-order valence-electron chi connectivity index (χ3n) is 6.05. The van der Waals surface area contributed by atoms with E-state index in [1.54, 1.807) is 28.1 Å². The highest BCUT2D eigenvalue weighted by atomic mass is 32.1. The highest BCUT2D eigenvalue weighted by Gasteiger charge is 2.26. The molecule has 9 heteroatoms. The molecule has 1 aliphatic heterocycles. The summed E-state index contributed by atoms with van der Waals surface area (Å²) in [6, 6.07) is 11.0. The van der Waals surface area contributed by atoms with Crippen molar-refractivity contribution in [3.05, 3.63) is 69.8 Å². The number of carbonyl (C=O) groups excluding carboxylic acids is 2. The van der Waals surface area contributed by atoms with Crippen molar-refractivity contribution in [2.24, 2.45) is 0 Å². The van der Waals surface area contributed by atoms with Gasteiger partial charge in [0.15, 0.2) is 5.65 Å². The molecule has 8 nitrogen and oxygen atoms in total. The molecule has 1 saturated heterocycles. The van der Waals surface area contributed by atoms with Crippen LogP contribution in [0.4, 0.5) is 5.95 Å². The SMILES string of the molecule is O=C1C/C(=C\c2cnn3c(NC4CC4)nc(CCc4ccccc4-c4ccsc4)nc23)C(=O)N1. The van der Waals surface area contributed by atoms with Gasteiger partial charge in [0.05, 0.1) is 12.6 Å². The predicted molar refractivity (Wildman–Crippen MR) is 130 cm³/mol. The van der Waals surface area contributed by atoms with Crippen LogP contribution in [-0.4, -0.2) is 37.4 Å². The Morgan fingerprint density at radius 2 is 2.03 bits per heavy atom. The van der Waals surface area contributed by atoms with E-state index in [1.807, 2.05) is 0 Å². The van der Waals surface area contributed by atoms with Gasteiger partial charge in [0.2, 0.25) is 11.9 Å². The Bertz CT molecular complexity index is 1440. The van der Waals surface area contributed by atoms with E-state index in [-0.39, 0.29) is 18.2 Å². The molecule has 2 fully saturated rings. The van der Waals surface area contributed by atoms with Gasteiger partial charge in [-0.25, -0.2) is 4.98 Å². The van der Waals surface area contributed by atoms with Gasteiger partial charge in [-0.3, -0.25) is 14.9 Å². The average Bonchev–Trinajstić information content (AvgIpc) is 3.20. The second-order valence-corrected chi connectivity index (χ2v) is 9.39. The molecule has 4 heterocycles. The topological polar surface area (TPSA) is 101 Å². The van der Waals surface area contributed by atoms with Gasteiger partial charge in [-0.1, -0.05) is 24.3 Å². The molecule has 34 heavy (non-hydrogen) atoms. The van der Waals surface area contributed by atoms with Gasteiger partial charge >= 0.3 is 0 Å². The van der Waals surface area contributed by atoms with Crippen LogP contribution in [0.2, 0.25) is 0 Å². The van der Waals surface area contributed by atoms with E-state index in [4.69, 9.17) is 9.97 Å². The minimum atomic E-state index is -0.361. The third-order valence-corrected chi connectivity index (χ3v) is 6.73. The summed E-state index contributed by atoms with van der Waals surface area (Å²) in [6.07, 6.45) is 7.11. The number of amides is 2. The molecule has 170 valence electrons. The molecule has 2 aliphatic rings. The van der Waals surface area contributed by atoms with Gasteiger partial charge in [-0.15, -0.1) is 0 Å². The molecule has 1 saturated carbocycles. The fraction of sp³-hybridized carbons (Fsp3) is 0.240. The lowest BCUT2D eigenvalue weighted by Gasteiger charge is -2.10. The van der Waals surface area contributed by atoms with E-state index in [1.165, 1.54) is 16.7 Å². The summed E-state index contributed by atoms with van der Waals surface area (Å²) >= 11 is 1.69. The third kappa shape index (κ3) is 4.10. The number of hydrogen-bond donors (Lipinski definition) is 2. The highest BCUT2D eigenvalue weighted by Crippen LogP contribution is 2.28. The van der Waals surface area contributed by atoms with Gasteiger partial charge < -0.3 is 5.32 Å². The number of nitrogens with zero attached hydrogens (tertiary/aromatic N) is 4. The van der Waals surface area contributed by atoms with Gasteiger partial charge in [-0.2, -0.15) is 25.9 Å². The van der Waals surface area contributed by atoms with Crippen LogP contribution >= 0.6 is 11.3 Å². The molecule has 3 aromatic heterocycles. The fourth-order valence-corrected chi connectivity index (χ4v) is 4.80. The molecule has 2 amide bonds. The van der Waals surface area contributed by atoms with Crippen LogP contribution in [0.5, 0.6) is 0 Å². The number of rotatable bonds is 7. The van der Waals surface area contributed by atoms with E-state index in [0.717, 1.165) is 19.3 Å². The van der Waals surface area contributed by atoms with Crippen LogP contribution in [0.25, 0.3) is 22.9 Å². The lowest BCUT2D eigenvalue weighted by molar-refractivity contribution is -0.124. The van der Waals surface area contributed by atoms with Crippen LogP contribution in [0.15, 0.2) is 52.9 Å². The van der Waals surface area contributed by atoms with Crippen molar-refractivity contribution in [1.29, 1.82) is 0 Å². The minimum Gasteiger partial charge on any atom is -0.351 e. The summed E-state index contributed by atoms with van der Waals surface area (Å²) in [4.78, 5) is 33.2. The van der Waals surface area contributed by atoms with Gasteiger partial charge in [0.1, 0.15) is 5.82 Å². The Balaban J connectivity index is 1.34. The normalized spacial score (nSPS) is 17.0. The van der Waals surface area contributed by atoms with Crippen molar-refractivity contribution in [1.82, 2.24) is 24.9 Å². The lowest BCUT2D eigenvalue weighted by atomic mass is 9.98. The monoisotopic (exact) mass is 470 g/mol. The molecule has 0 spiro atoms. The maximum absolute atomic E-state index is 12.1. The van der Waals surface area contributed by atoms with Crippen LogP contribution in [0, 0.1) is 0 Å². The molecule has 0 atom stereocenters. The Labute approximate surface area is 199 Å². The van der Waals surface area contributed by atoms with E-state index >= 15 is 0 Å². The van der Waals surface area contributed by atoms with Crippen molar-refractivity contribution >= 4 is 40.8 Å². The van der Waals surface area contributed by atoms with Crippen molar-refractivity contribution in [2.45, 2.75) is 38.1 Å². The number of aromatic nitrogens is 4. The molecular formula is C25H22N6O2S. The zero-order valence-corrected chi connectivity index (χ0v) is 19.1. The first kappa shape index (κ1) is 20.7. The largest absolute Gasteiger partial charge is 0.351 e. The molecular weight excluding hydrogens is 448 g/mol. The number of benzene rings is 1. The number of nitrogens with one attached hydrogen (secondary N) is 2. The quantitative estimate of drug-likeness (QED) is 0.316. The van der Waals surface area contributed by atoms with Crippen LogP contribution in [-0.2, 0) is 22.4 Å². The maximum Gasteiger partial charge on any atom is 0.254 e. The van der Waals surface area contributed by atoms with Crippen molar-refractivity contribution < 1.29 is 9.59 Å². The Hall–Kier alpha value is -3.85. The number of thiophene rings is 1. The summed E-state index contributed by atoms with van der Waals surface area (Å²) < 4.78 is 1.68. The van der Waals surface area contributed by atoms with E-state index < -0.39 is 0 Å².